The largest absolute Gasteiger partial charge is 0.480 e. The summed E-state index contributed by atoms with van der Waals surface area (Å²) in [7, 11) is 0. The zero-order valence-corrected chi connectivity index (χ0v) is 11.3. The van der Waals surface area contributed by atoms with Crippen LogP contribution in [0.15, 0.2) is 12.1 Å². The predicted octanol–water partition coefficient (Wildman–Crippen LogP) is 1.50. The van der Waals surface area contributed by atoms with Gasteiger partial charge >= 0.3 is 5.97 Å². The smallest absolute Gasteiger partial charge is 0.320 e. The average molecular weight is 250 g/mol. The van der Waals surface area contributed by atoms with E-state index in [9.17, 15) is 4.79 Å². The number of hydrogen-bond acceptors (Lipinski definition) is 3. The monoisotopic (exact) mass is 250 g/mol. The highest BCUT2D eigenvalue weighted by molar-refractivity contribution is 5.72. The number of carboxylic acids is 1. The number of nitrogens with two attached hydrogens (primary N) is 1. The molecule has 4 N–H and O–H groups in total. The van der Waals surface area contributed by atoms with Crippen molar-refractivity contribution < 1.29 is 9.90 Å². The number of aryl methyl sites for hydroxylation is 3. The summed E-state index contributed by atoms with van der Waals surface area (Å²) in [5.41, 5.74) is 10.5. The molecule has 0 fully saturated rings. The van der Waals surface area contributed by atoms with Crippen molar-refractivity contribution in [2.24, 2.45) is 5.73 Å². The molecule has 1 unspecified atom stereocenters. The highest BCUT2D eigenvalue weighted by atomic mass is 16.4. The lowest BCUT2D eigenvalue weighted by molar-refractivity contribution is -0.138. The Balaban J connectivity index is 2.47. The van der Waals surface area contributed by atoms with E-state index >= 15 is 0 Å². The minimum Gasteiger partial charge on any atom is -0.480 e. The molecule has 4 nitrogen and oxygen atoms in total. The van der Waals surface area contributed by atoms with E-state index in [-0.39, 0.29) is 0 Å². The van der Waals surface area contributed by atoms with Gasteiger partial charge in [0.2, 0.25) is 0 Å². The molecule has 0 heterocycles. The van der Waals surface area contributed by atoms with E-state index in [0.717, 1.165) is 6.54 Å². The molecule has 0 amide bonds. The molecule has 0 spiro atoms. The molecule has 0 bridgehead atoms. The molecule has 4 heteroatoms. The minimum atomic E-state index is -0.945. The molecular weight excluding hydrogens is 228 g/mol. The lowest BCUT2D eigenvalue weighted by atomic mass is 10.00. The van der Waals surface area contributed by atoms with Crippen LogP contribution >= 0.6 is 0 Å². The van der Waals surface area contributed by atoms with Crippen LogP contribution in [-0.4, -0.2) is 23.7 Å². The maximum atomic E-state index is 10.6. The summed E-state index contributed by atoms with van der Waals surface area (Å²) in [5.74, 6) is -0.945. The van der Waals surface area contributed by atoms with Gasteiger partial charge in [-0.1, -0.05) is 17.7 Å². The Morgan fingerprint density at radius 2 is 1.89 bits per heavy atom. The Morgan fingerprint density at radius 3 is 2.39 bits per heavy atom. The van der Waals surface area contributed by atoms with Crippen LogP contribution in [0.5, 0.6) is 0 Å². The second kappa shape index (κ2) is 6.52. The van der Waals surface area contributed by atoms with Crippen LogP contribution in [-0.2, 0) is 11.3 Å². The third-order valence-electron chi connectivity index (χ3n) is 3.09. The number of carbonyl (C=O) groups is 1. The lowest BCUT2D eigenvalue weighted by Crippen LogP contribution is -2.33. The van der Waals surface area contributed by atoms with Gasteiger partial charge < -0.3 is 16.2 Å². The first-order chi connectivity index (χ1) is 8.41. The molecule has 0 saturated carbocycles. The summed E-state index contributed by atoms with van der Waals surface area (Å²) in [5, 5.41) is 11.9. The molecule has 0 aromatic heterocycles. The summed E-state index contributed by atoms with van der Waals surface area (Å²) in [6.45, 7) is 7.65. The van der Waals surface area contributed by atoms with Crippen molar-refractivity contribution in [3.05, 3.63) is 34.4 Å². The van der Waals surface area contributed by atoms with E-state index in [2.05, 4.69) is 38.2 Å². The van der Waals surface area contributed by atoms with Gasteiger partial charge in [-0.2, -0.15) is 0 Å². The van der Waals surface area contributed by atoms with E-state index in [1.165, 1.54) is 22.3 Å². The van der Waals surface area contributed by atoms with E-state index < -0.39 is 12.0 Å². The molecule has 0 aliphatic heterocycles. The zero-order valence-electron chi connectivity index (χ0n) is 11.3. The Kier molecular flexibility index (Phi) is 5.31. The summed E-state index contributed by atoms with van der Waals surface area (Å²) < 4.78 is 0. The first-order valence-corrected chi connectivity index (χ1v) is 6.17. The van der Waals surface area contributed by atoms with Gasteiger partial charge in [0.25, 0.3) is 0 Å². The van der Waals surface area contributed by atoms with Gasteiger partial charge in [-0.25, -0.2) is 0 Å². The van der Waals surface area contributed by atoms with Gasteiger partial charge in [-0.15, -0.1) is 0 Å². The van der Waals surface area contributed by atoms with Crippen molar-refractivity contribution in [3.63, 3.8) is 0 Å². The quantitative estimate of drug-likeness (QED) is 0.669. The van der Waals surface area contributed by atoms with Crippen LogP contribution in [0.1, 0.15) is 28.7 Å². The standard InChI is InChI=1S/C14H22N2O2/c1-9-6-10(2)12(11(3)7-9)8-16-5-4-13(15)14(17)18/h6-7,13,16H,4-5,8,15H2,1-3H3,(H,17,18). The molecule has 0 radical (unpaired) electrons. The zero-order chi connectivity index (χ0) is 13.7. The molecule has 1 atom stereocenters. The van der Waals surface area contributed by atoms with Crippen molar-refractivity contribution in [1.29, 1.82) is 0 Å². The molecule has 1 rings (SSSR count). The van der Waals surface area contributed by atoms with Crippen LogP contribution in [0.4, 0.5) is 0 Å². The van der Waals surface area contributed by atoms with Crippen LogP contribution in [0.25, 0.3) is 0 Å². The fraction of sp³-hybridized carbons (Fsp3) is 0.500. The van der Waals surface area contributed by atoms with Crippen molar-refractivity contribution in [1.82, 2.24) is 5.32 Å². The second-order valence-electron chi connectivity index (χ2n) is 4.79. The highest BCUT2D eigenvalue weighted by Gasteiger charge is 2.10. The Morgan fingerprint density at radius 1 is 1.33 bits per heavy atom. The number of hydrogen-bond donors (Lipinski definition) is 3. The first kappa shape index (κ1) is 14.7. The molecule has 0 aliphatic rings. The van der Waals surface area contributed by atoms with E-state index in [4.69, 9.17) is 10.8 Å². The summed E-state index contributed by atoms with van der Waals surface area (Å²) in [4.78, 5) is 10.6. The Hall–Kier alpha value is -1.39. The van der Waals surface area contributed by atoms with Gasteiger partial charge in [-0.05, 0) is 50.4 Å². The van der Waals surface area contributed by atoms with Gasteiger partial charge in [0.1, 0.15) is 6.04 Å². The highest BCUT2D eigenvalue weighted by Crippen LogP contribution is 2.15. The fourth-order valence-electron chi connectivity index (χ4n) is 2.08. The molecule has 1 aromatic rings. The molecule has 1 aromatic carbocycles. The van der Waals surface area contributed by atoms with Gasteiger partial charge in [0.05, 0.1) is 0 Å². The Bertz CT molecular complexity index is 407. The number of benzene rings is 1. The average Bonchev–Trinajstić information content (AvgIpc) is 2.26. The predicted molar refractivity (Wildman–Crippen MR) is 72.6 cm³/mol. The third-order valence-corrected chi connectivity index (χ3v) is 3.09. The lowest BCUT2D eigenvalue weighted by Gasteiger charge is -2.13. The Labute approximate surface area is 108 Å². The van der Waals surface area contributed by atoms with Crippen molar-refractivity contribution in [3.8, 4) is 0 Å². The number of nitrogens with one attached hydrogen (secondary N) is 1. The molecule has 0 saturated heterocycles. The normalized spacial score (nSPS) is 12.4. The van der Waals surface area contributed by atoms with E-state index in [0.29, 0.717) is 13.0 Å². The van der Waals surface area contributed by atoms with Crippen LogP contribution in [0.3, 0.4) is 0 Å². The summed E-state index contributed by atoms with van der Waals surface area (Å²) in [6.07, 6.45) is 0.444. The SMILES string of the molecule is Cc1cc(C)c(CNCCC(N)C(=O)O)c(C)c1. The van der Waals surface area contributed by atoms with Crippen molar-refractivity contribution in [2.45, 2.75) is 39.8 Å². The van der Waals surface area contributed by atoms with Gasteiger partial charge in [0, 0.05) is 6.54 Å². The molecular formula is C14H22N2O2. The van der Waals surface area contributed by atoms with Crippen LogP contribution in [0, 0.1) is 20.8 Å². The topological polar surface area (TPSA) is 75.3 Å². The second-order valence-corrected chi connectivity index (χ2v) is 4.79. The number of aliphatic carboxylic acids is 1. The third kappa shape index (κ3) is 4.13. The number of carboxylic acid groups (broad SMARTS) is 1. The number of rotatable bonds is 6. The summed E-state index contributed by atoms with van der Waals surface area (Å²) >= 11 is 0. The molecule has 100 valence electrons. The van der Waals surface area contributed by atoms with E-state index in [1.54, 1.807) is 0 Å². The van der Waals surface area contributed by atoms with Gasteiger partial charge in [-0.3, -0.25) is 4.79 Å². The maximum Gasteiger partial charge on any atom is 0.320 e. The molecule has 18 heavy (non-hydrogen) atoms. The van der Waals surface area contributed by atoms with Crippen molar-refractivity contribution >= 4 is 5.97 Å². The van der Waals surface area contributed by atoms with Crippen LogP contribution in [0.2, 0.25) is 0 Å². The summed E-state index contributed by atoms with van der Waals surface area (Å²) in [6, 6.07) is 3.54. The van der Waals surface area contributed by atoms with Gasteiger partial charge in [0.15, 0.2) is 0 Å². The minimum absolute atomic E-state index is 0.444. The maximum absolute atomic E-state index is 10.6. The van der Waals surface area contributed by atoms with E-state index in [1.807, 2.05) is 0 Å². The van der Waals surface area contributed by atoms with Crippen molar-refractivity contribution in [2.75, 3.05) is 6.54 Å². The molecule has 0 aliphatic carbocycles. The fourth-order valence-corrected chi connectivity index (χ4v) is 2.08. The first-order valence-electron chi connectivity index (χ1n) is 6.17. The van der Waals surface area contributed by atoms with Crippen LogP contribution < -0.4 is 11.1 Å².